The van der Waals surface area contributed by atoms with E-state index in [4.69, 9.17) is 0 Å². The number of para-hydroxylation sites is 1. The van der Waals surface area contributed by atoms with E-state index in [2.05, 4.69) is 15.4 Å². The van der Waals surface area contributed by atoms with Gasteiger partial charge >= 0.3 is 12.0 Å². The van der Waals surface area contributed by atoms with Crippen LogP contribution in [0.25, 0.3) is 0 Å². The van der Waals surface area contributed by atoms with E-state index in [1.54, 1.807) is 31.2 Å². The van der Waals surface area contributed by atoms with Crippen LogP contribution in [0.15, 0.2) is 30.3 Å². The summed E-state index contributed by atoms with van der Waals surface area (Å²) in [6.07, 6.45) is 0. The van der Waals surface area contributed by atoms with Gasteiger partial charge in [0.15, 0.2) is 0 Å². The average Bonchev–Trinajstić information content (AvgIpc) is 2.28. The highest BCUT2D eigenvalue weighted by Crippen LogP contribution is 2.03. The summed E-state index contributed by atoms with van der Waals surface area (Å²) in [5, 5.41) is 4.97. The molecule has 0 atom stereocenters. The fraction of sp³-hybridized carbons (Fsp3) is 0.273. The van der Waals surface area contributed by atoms with Crippen LogP contribution in [0, 0.1) is 0 Å². The first kappa shape index (κ1) is 12.0. The molecule has 86 valence electrons. The SMILES string of the molecule is CCOC(=O)CNC(=O)Nc1ccccc1. The molecule has 0 unspecified atom stereocenters. The first-order chi connectivity index (χ1) is 7.72. The van der Waals surface area contributed by atoms with Crippen molar-refractivity contribution in [1.82, 2.24) is 5.32 Å². The van der Waals surface area contributed by atoms with E-state index in [0.717, 1.165) is 0 Å². The lowest BCUT2D eigenvalue weighted by atomic mass is 10.3. The van der Waals surface area contributed by atoms with E-state index >= 15 is 0 Å². The third-order valence-electron chi connectivity index (χ3n) is 1.73. The molecule has 0 spiro atoms. The molecule has 0 aliphatic heterocycles. The number of urea groups is 1. The second kappa shape index (κ2) is 6.44. The van der Waals surface area contributed by atoms with Crippen molar-refractivity contribution in [2.45, 2.75) is 6.92 Å². The van der Waals surface area contributed by atoms with Crippen molar-refractivity contribution in [3.63, 3.8) is 0 Å². The lowest BCUT2D eigenvalue weighted by Gasteiger charge is -2.06. The van der Waals surface area contributed by atoms with Crippen LogP contribution >= 0.6 is 0 Å². The zero-order valence-electron chi connectivity index (χ0n) is 9.03. The fourth-order valence-electron chi connectivity index (χ4n) is 1.06. The number of carbonyl (C=O) groups is 2. The zero-order chi connectivity index (χ0) is 11.8. The molecular formula is C11H14N2O3. The third-order valence-corrected chi connectivity index (χ3v) is 1.73. The first-order valence-corrected chi connectivity index (χ1v) is 4.98. The summed E-state index contributed by atoms with van der Waals surface area (Å²) in [6.45, 7) is 1.88. The number of carbonyl (C=O) groups excluding carboxylic acids is 2. The number of rotatable bonds is 4. The van der Waals surface area contributed by atoms with Gasteiger partial charge in [0, 0.05) is 5.69 Å². The molecule has 0 radical (unpaired) electrons. The standard InChI is InChI=1S/C11H14N2O3/c1-2-16-10(14)8-12-11(15)13-9-6-4-3-5-7-9/h3-7H,2,8H2,1H3,(H2,12,13,15). The summed E-state index contributed by atoms with van der Waals surface area (Å²) in [7, 11) is 0. The molecule has 0 aromatic heterocycles. The van der Waals surface area contributed by atoms with Crippen molar-refractivity contribution < 1.29 is 14.3 Å². The molecule has 16 heavy (non-hydrogen) atoms. The monoisotopic (exact) mass is 222 g/mol. The molecule has 0 aliphatic carbocycles. The summed E-state index contributed by atoms with van der Waals surface area (Å²) >= 11 is 0. The van der Waals surface area contributed by atoms with Crippen molar-refractivity contribution in [2.75, 3.05) is 18.5 Å². The van der Waals surface area contributed by atoms with Gasteiger partial charge in [0.25, 0.3) is 0 Å². The number of hydrogen-bond donors (Lipinski definition) is 2. The van der Waals surface area contributed by atoms with E-state index in [9.17, 15) is 9.59 Å². The second-order valence-electron chi connectivity index (χ2n) is 2.98. The summed E-state index contributed by atoms with van der Waals surface area (Å²) in [6, 6.07) is 8.54. The number of benzene rings is 1. The number of nitrogens with one attached hydrogen (secondary N) is 2. The Kier molecular flexibility index (Phi) is 4.85. The van der Waals surface area contributed by atoms with Crippen LogP contribution < -0.4 is 10.6 Å². The van der Waals surface area contributed by atoms with Gasteiger partial charge in [-0.05, 0) is 19.1 Å². The van der Waals surface area contributed by atoms with Crippen LogP contribution in [0.2, 0.25) is 0 Å². The van der Waals surface area contributed by atoms with E-state index < -0.39 is 12.0 Å². The molecule has 0 saturated heterocycles. The van der Waals surface area contributed by atoms with Gasteiger partial charge in [-0.25, -0.2) is 4.79 Å². The Bertz CT molecular complexity index is 352. The smallest absolute Gasteiger partial charge is 0.325 e. The van der Waals surface area contributed by atoms with Gasteiger partial charge in [-0.15, -0.1) is 0 Å². The summed E-state index contributed by atoms with van der Waals surface area (Å²) in [5.41, 5.74) is 0.670. The summed E-state index contributed by atoms with van der Waals surface area (Å²) < 4.78 is 4.66. The maximum Gasteiger partial charge on any atom is 0.325 e. The normalized spacial score (nSPS) is 9.31. The quantitative estimate of drug-likeness (QED) is 0.756. The van der Waals surface area contributed by atoms with Crippen molar-refractivity contribution in [2.24, 2.45) is 0 Å². The van der Waals surface area contributed by atoms with Crippen molar-refractivity contribution >= 4 is 17.7 Å². The van der Waals surface area contributed by atoms with Crippen LogP contribution in [0.5, 0.6) is 0 Å². The molecule has 0 saturated carbocycles. The Labute approximate surface area is 93.8 Å². The topological polar surface area (TPSA) is 67.4 Å². The van der Waals surface area contributed by atoms with Gasteiger partial charge < -0.3 is 15.4 Å². The highest BCUT2D eigenvalue weighted by atomic mass is 16.5. The summed E-state index contributed by atoms with van der Waals surface area (Å²) in [5.74, 6) is -0.453. The minimum absolute atomic E-state index is 0.132. The molecule has 1 aromatic carbocycles. The van der Waals surface area contributed by atoms with Gasteiger partial charge in [-0.2, -0.15) is 0 Å². The molecule has 0 heterocycles. The molecule has 1 rings (SSSR count). The highest BCUT2D eigenvalue weighted by molar-refractivity contribution is 5.91. The lowest BCUT2D eigenvalue weighted by molar-refractivity contribution is -0.141. The van der Waals surface area contributed by atoms with E-state index in [1.807, 2.05) is 6.07 Å². The van der Waals surface area contributed by atoms with Crippen molar-refractivity contribution in [1.29, 1.82) is 0 Å². The van der Waals surface area contributed by atoms with Crippen LogP contribution in [-0.2, 0) is 9.53 Å². The number of ether oxygens (including phenoxy) is 1. The van der Waals surface area contributed by atoms with Crippen molar-refractivity contribution in [3.8, 4) is 0 Å². The molecule has 0 aliphatic rings. The van der Waals surface area contributed by atoms with Crippen LogP contribution in [0.4, 0.5) is 10.5 Å². The minimum Gasteiger partial charge on any atom is -0.465 e. The number of esters is 1. The molecule has 5 heteroatoms. The van der Waals surface area contributed by atoms with E-state index in [1.165, 1.54) is 0 Å². The summed E-state index contributed by atoms with van der Waals surface area (Å²) in [4.78, 5) is 22.2. The Morgan fingerprint density at radius 1 is 1.25 bits per heavy atom. The van der Waals surface area contributed by atoms with Crippen LogP contribution in [0.3, 0.4) is 0 Å². The van der Waals surface area contributed by atoms with Gasteiger partial charge in [0.05, 0.1) is 6.61 Å². The minimum atomic E-state index is -0.453. The molecule has 5 nitrogen and oxygen atoms in total. The van der Waals surface area contributed by atoms with Crippen molar-refractivity contribution in [3.05, 3.63) is 30.3 Å². The molecule has 0 fully saturated rings. The fourth-order valence-corrected chi connectivity index (χ4v) is 1.06. The molecule has 2 amide bonds. The third kappa shape index (κ3) is 4.45. The maximum atomic E-state index is 11.3. The van der Waals surface area contributed by atoms with Crippen LogP contribution in [0.1, 0.15) is 6.92 Å². The predicted octanol–water partition coefficient (Wildman–Crippen LogP) is 1.37. The lowest BCUT2D eigenvalue weighted by Crippen LogP contribution is -2.34. The Morgan fingerprint density at radius 3 is 2.56 bits per heavy atom. The predicted molar refractivity (Wildman–Crippen MR) is 60.1 cm³/mol. The Balaban J connectivity index is 2.29. The molecule has 2 N–H and O–H groups in total. The van der Waals surface area contributed by atoms with E-state index in [0.29, 0.717) is 12.3 Å². The van der Waals surface area contributed by atoms with Gasteiger partial charge in [0.1, 0.15) is 6.54 Å². The van der Waals surface area contributed by atoms with Gasteiger partial charge in [0.2, 0.25) is 0 Å². The average molecular weight is 222 g/mol. The van der Waals surface area contributed by atoms with Gasteiger partial charge in [-0.3, -0.25) is 4.79 Å². The van der Waals surface area contributed by atoms with E-state index in [-0.39, 0.29) is 6.54 Å². The number of hydrogen-bond acceptors (Lipinski definition) is 3. The number of anilines is 1. The zero-order valence-corrected chi connectivity index (χ0v) is 9.03. The molecule has 0 bridgehead atoms. The number of amides is 2. The largest absolute Gasteiger partial charge is 0.465 e. The maximum absolute atomic E-state index is 11.3. The second-order valence-corrected chi connectivity index (χ2v) is 2.98. The Morgan fingerprint density at radius 2 is 1.94 bits per heavy atom. The first-order valence-electron chi connectivity index (χ1n) is 4.98. The molecule has 1 aromatic rings. The van der Waals surface area contributed by atoms with Gasteiger partial charge in [-0.1, -0.05) is 18.2 Å². The molecular weight excluding hydrogens is 208 g/mol. The highest BCUT2D eigenvalue weighted by Gasteiger charge is 2.05. The van der Waals surface area contributed by atoms with Crippen LogP contribution in [-0.4, -0.2) is 25.2 Å². The Hall–Kier alpha value is -2.04.